The highest BCUT2D eigenvalue weighted by Crippen LogP contribution is 2.69. The van der Waals surface area contributed by atoms with Crippen molar-refractivity contribution in [3.63, 3.8) is 0 Å². The van der Waals surface area contributed by atoms with Gasteiger partial charge >= 0.3 is 42.5 Å². The lowest BCUT2D eigenvalue weighted by molar-refractivity contribution is -0.217. The molecular weight excluding hydrogens is 905 g/mol. The number of carbonyl (C=O) groups excluding carboxylic acids is 6. The Kier molecular flexibility index (Phi) is 16.7. The molecule has 2 aromatic carbocycles. The van der Waals surface area contributed by atoms with Gasteiger partial charge in [0.2, 0.25) is 0 Å². The SMILES string of the molecule is COC(=O)Oc1ccc(/C=C/C(=O)O[C@@H]2CC[C@@]3(C)[C@H](C2)C[C@@H](O)[C@@H]2[C@@H]3C[C@H](OC(=O)/C=C/c3ccc(OC(=O)OC)c(OC(=O)OC)c3)[C@]3(C)[C@@H]([C@H](C)CCC(=O)O)CC[C@@H]23)cc1OC(=O)OC. The van der Waals surface area contributed by atoms with Crippen LogP contribution in [0.1, 0.15) is 89.7 Å². The number of aliphatic carboxylic acids is 1. The number of benzene rings is 2. The Bertz CT molecular complexity index is 2320. The molecule has 0 unspecified atom stereocenters. The number of carbonyl (C=O) groups is 7. The monoisotopic (exact) mass is 964 g/mol. The van der Waals surface area contributed by atoms with Crippen molar-refractivity contribution < 1.29 is 91.1 Å². The van der Waals surface area contributed by atoms with Gasteiger partial charge in [-0.25, -0.2) is 28.8 Å². The molecule has 4 fully saturated rings. The van der Waals surface area contributed by atoms with E-state index in [1.807, 2.05) is 0 Å². The number of aliphatic hydroxyl groups is 1. The molecule has 19 heteroatoms. The van der Waals surface area contributed by atoms with Crippen molar-refractivity contribution in [3.05, 3.63) is 59.7 Å². The number of methoxy groups -OCH3 is 4. The Morgan fingerprint density at radius 2 is 1.17 bits per heavy atom. The van der Waals surface area contributed by atoms with E-state index in [2.05, 4.69) is 39.7 Å². The molecular formula is C50H60O19. The number of esters is 2. The number of fused-ring (bicyclic) bond motifs is 5. The van der Waals surface area contributed by atoms with E-state index in [1.165, 1.54) is 60.7 Å². The smallest absolute Gasteiger partial charge is 0.481 e. The van der Waals surface area contributed by atoms with Crippen molar-refractivity contribution in [2.45, 2.75) is 96.9 Å². The van der Waals surface area contributed by atoms with Gasteiger partial charge in [0.15, 0.2) is 23.0 Å². The first-order valence-electron chi connectivity index (χ1n) is 22.8. The number of aliphatic hydroxyl groups excluding tert-OH is 1. The third kappa shape index (κ3) is 11.8. The van der Waals surface area contributed by atoms with Gasteiger partial charge in [-0.3, -0.25) is 4.79 Å². The molecule has 0 aromatic heterocycles. The van der Waals surface area contributed by atoms with Gasteiger partial charge < -0.3 is 57.6 Å². The summed E-state index contributed by atoms with van der Waals surface area (Å²) in [4.78, 5) is 86.3. The summed E-state index contributed by atoms with van der Waals surface area (Å²) in [5.41, 5.74) is -0.0924. The lowest BCUT2D eigenvalue weighted by Gasteiger charge is -2.64. The van der Waals surface area contributed by atoms with Crippen LogP contribution in [0.25, 0.3) is 12.2 Å². The van der Waals surface area contributed by atoms with Crippen LogP contribution in [-0.2, 0) is 42.8 Å². The molecule has 2 aromatic rings. The lowest BCUT2D eigenvalue weighted by atomic mass is 9.43. The van der Waals surface area contributed by atoms with Crippen LogP contribution in [0.4, 0.5) is 19.2 Å². The van der Waals surface area contributed by atoms with Crippen molar-refractivity contribution >= 4 is 54.7 Å². The highest BCUT2D eigenvalue weighted by Gasteiger charge is 2.67. The summed E-state index contributed by atoms with van der Waals surface area (Å²) >= 11 is 0. The van der Waals surface area contributed by atoms with Gasteiger partial charge in [-0.05, 0) is 140 Å². The largest absolute Gasteiger partial charge is 0.513 e. The van der Waals surface area contributed by atoms with Crippen LogP contribution in [0.15, 0.2) is 48.6 Å². The minimum absolute atomic E-state index is 0.000649. The minimum atomic E-state index is -1.07. The first kappa shape index (κ1) is 51.8. The lowest BCUT2D eigenvalue weighted by Crippen LogP contribution is -2.63. The fourth-order valence-corrected chi connectivity index (χ4v) is 11.7. The summed E-state index contributed by atoms with van der Waals surface area (Å²) in [7, 11) is 4.47. The van der Waals surface area contributed by atoms with Gasteiger partial charge in [0.25, 0.3) is 0 Å². The molecule has 0 bridgehead atoms. The van der Waals surface area contributed by atoms with Crippen molar-refractivity contribution in [2.24, 2.45) is 46.3 Å². The maximum absolute atomic E-state index is 14.0. The van der Waals surface area contributed by atoms with Gasteiger partial charge in [-0.2, -0.15) is 0 Å². The summed E-state index contributed by atoms with van der Waals surface area (Å²) in [5.74, 6) is -2.96. The molecule has 0 spiro atoms. The molecule has 4 aliphatic rings. The van der Waals surface area contributed by atoms with Crippen LogP contribution in [0.2, 0.25) is 0 Å². The van der Waals surface area contributed by atoms with Gasteiger partial charge in [0, 0.05) is 24.0 Å². The zero-order valence-electron chi connectivity index (χ0n) is 39.7. The van der Waals surface area contributed by atoms with Crippen LogP contribution >= 0.6 is 0 Å². The van der Waals surface area contributed by atoms with Crippen LogP contribution < -0.4 is 18.9 Å². The van der Waals surface area contributed by atoms with E-state index in [-0.39, 0.29) is 70.3 Å². The number of hydrogen-bond acceptors (Lipinski definition) is 18. The predicted octanol–water partition coefficient (Wildman–Crippen LogP) is 8.56. The second-order valence-corrected chi connectivity index (χ2v) is 18.6. The molecule has 19 nitrogen and oxygen atoms in total. The Morgan fingerprint density at radius 1 is 0.667 bits per heavy atom. The van der Waals surface area contributed by atoms with E-state index in [9.17, 15) is 43.8 Å². The molecule has 11 atom stereocenters. The van der Waals surface area contributed by atoms with Gasteiger partial charge in [0.05, 0.1) is 34.5 Å². The minimum Gasteiger partial charge on any atom is -0.481 e. The molecule has 69 heavy (non-hydrogen) atoms. The first-order valence-corrected chi connectivity index (χ1v) is 22.8. The molecule has 4 aliphatic carbocycles. The van der Waals surface area contributed by atoms with Crippen molar-refractivity contribution in [1.29, 1.82) is 0 Å². The molecule has 0 saturated heterocycles. The standard InChI is InChI=1S/C50H60O19/c1-27(8-17-41(52)53)32-13-14-33-44-34(26-40(50(32,33)3)69-43(55)19-12-29-10-16-37(66-46(57)61-5)39(23-29)68-48(59)63-7)49(2)21-20-31(24-30(49)25-35(44)51)64-42(54)18-11-28-9-15-36(65-45(56)60-4)38(22-28)67-47(58)62-6/h9-12,15-16,18-19,22-23,27,30-35,40,44,51H,8,13-14,17,20-21,24-26H2,1-7H3,(H,52,53)/b18-11+,19-12+/t27-,30-,31-,32-,33+,34+,35-,40+,44+,49+,50-/m1/s1. The van der Waals surface area contributed by atoms with E-state index < -0.39 is 66.3 Å². The number of carboxylic acids is 1. The van der Waals surface area contributed by atoms with Gasteiger partial charge in [0.1, 0.15) is 12.2 Å². The highest BCUT2D eigenvalue weighted by molar-refractivity contribution is 5.88. The first-order chi connectivity index (χ1) is 32.8. The van der Waals surface area contributed by atoms with Crippen molar-refractivity contribution in [3.8, 4) is 23.0 Å². The zero-order chi connectivity index (χ0) is 50.2. The number of hydrogen-bond donors (Lipinski definition) is 2. The van der Waals surface area contributed by atoms with Crippen LogP contribution in [-0.4, -0.2) is 99.5 Å². The van der Waals surface area contributed by atoms with Crippen LogP contribution in [0.3, 0.4) is 0 Å². The fraction of sp³-hybridized carbons (Fsp3) is 0.540. The molecule has 0 aliphatic heterocycles. The summed E-state index contributed by atoms with van der Waals surface area (Å²) in [5, 5.41) is 21.7. The molecule has 2 N–H and O–H groups in total. The third-order valence-electron chi connectivity index (χ3n) is 15.0. The average molecular weight is 965 g/mol. The number of ether oxygens (including phenoxy) is 10. The Labute approximate surface area is 399 Å². The fourth-order valence-electron chi connectivity index (χ4n) is 11.7. The van der Waals surface area contributed by atoms with Crippen LogP contribution in [0.5, 0.6) is 23.0 Å². The Morgan fingerprint density at radius 3 is 1.68 bits per heavy atom. The second kappa shape index (κ2) is 22.2. The molecule has 6 rings (SSSR count). The van der Waals surface area contributed by atoms with Gasteiger partial charge in [-0.1, -0.05) is 32.9 Å². The summed E-state index contributed by atoms with van der Waals surface area (Å²) < 4.78 is 51.1. The predicted molar refractivity (Wildman–Crippen MR) is 241 cm³/mol. The quantitative estimate of drug-likeness (QED) is 0.0778. The highest BCUT2D eigenvalue weighted by atomic mass is 16.8. The van der Waals surface area contributed by atoms with Crippen LogP contribution in [0, 0.1) is 46.3 Å². The third-order valence-corrected chi connectivity index (χ3v) is 15.0. The molecule has 0 heterocycles. The summed E-state index contributed by atoms with van der Waals surface area (Å²) in [6.45, 7) is 6.41. The van der Waals surface area contributed by atoms with E-state index >= 15 is 0 Å². The maximum atomic E-state index is 14.0. The molecule has 374 valence electrons. The van der Waals surface area contributed by atoms with Crippen molar-refractivity contribution in [1.82, 2.24) is 0 Å². The Hall–Kier alpha value is -6.63. The Balaban J connectivity index is 1.20. The van der Waals surface area contributed by atoms with Gasteiger partial charge in [-0.15, -0.1) is 0 Å². The molecule has 0 radical (unpaired) electrons. The van der Waals surface area contributed by atoms with E-state index in [1.54, 1.807) is 0 Å². The maximum Gasteiger partial charge on any atom is 0.513 e. The summed E-state index contributed by atoms with van der Waals surface area (Å²) in [6.07, 6.45) is 4.16. The zero-order valence-corrected chi connectivity index (χ0v) is 39.7. The van der Waals surface area contributed by atoms with Crippen molar-refractivity contribution in [2.75, 3.05) is 28.4 Å². The normalized spacial score (nSPS) is 28.4. The number of rotatable bonds is 14. The topological polar surface area (TPSA) is 252 Å². The summed E-state index contributed by atoms with van der Waals surface area (Å²) in [6, 6.07) is 8.52. The molecule has 0 amide bonds. The van der Waals surface area contributed by atoms with E-state index in [4.69, 9.17) is 28.4 Å². The average Bonchev–Trinajstić information content (AvgIpc) is 3.69. The second-order valence-electron chi connectivity index (χ2n) is 18.6. The molecule has 4 saturated carbocycles. The van der Waals surface area contributed by atoms with E-state index in [0.29, 0.717) is 49.7 Å². The van der Waals surface area contributed by atoms with E-state index in [0.717, 1.165) is 41.3 Å². The number of carboxylic acid groups (broad SMARTS) is 1.